The Balaban J connectivity index is 1.89. The summed E-state index contributed by atoms with van der Waals surface area (Å²) in [4.78, 5) is 10.7. The normalized spacial score (nSPS) is 12.0. The molecule has 3 aromatic rings. The van der Waals surface area contributed by atoms with E-state index in [4.69, 9.17) is 14.3 Å². The van der Waals surface area contributed by atoms with Crippen LogP contribution >= 0.6 is 0 Å². The summed E-state index contributed by atoms with van der Waals surface area (Å²) in [6, 6.07) is 13.4. The van der Waals surface area contributed by atoms with E-state index in [-0.39, 0.29) is 12.2 Å². The van der Waals surface area contributed by atoms with Crippen LogP contribution in [0.1, 0.15) is 6.92 Å². The van der Waals surface area contributed by atoms with Crippen LogP contribution in [0.25, 0.3) is 21.9 Å². The number of fused-ring (bicyclic) bond motifs is 3. The zero-order chi connectivity index (χ0) is 14.8. The van der Waals surface area contributed by atoms with Crippen LogP contribution in [-0.2, 0) is 4.79 Å². The molecule has 4 heteroatoms. The van der Waals surface area contributed by atoms with E-state index in [0.29, 0.717) is 5.75 Å². The van der Waals surface area contributed by atoms with E-state index in [0.717, 1.165) is 21.9 Å². The van der Waals surface area contributed by atoms with Crippen LogP contribution in [0.4, 0.5) is 0 Å². The fourth-order valence-electron chi connectivity index (χ4n) is 2.15. The second kappa shape index (κ2) is 5.32. The first-order valence-corrected chi connectivity index (χ1v) is 6.59. The lowest BCUT2D eigenvalue weighted by molar-refractivity contribution is -0.132. The van der Waals surface area contributed by atoms with Crippen LogP contribution in [0.2, 0.25) is 0 Å². The van der Waals surface area contributed by atoms with Crippen molar-refractivity contribution in [3.63, 3.8) is 0 Å². The van der Waals surface area contributed by atoms with Gasteiger partial charge in [-0.1, -0.05) is 18.2 Å². The summed E-state index contributed by atoms with van der Waals surface area (Å²) in [5.41, 5.74) is 1.91. The molecular formula is C17H14O4. The zero-order valence-electron chi connectivity index (χ0n) is 11.5. The highest BCUT2D eigenvalue weighted by atomic mass is 16.5. The highest BCUT2D eigenvalue weighted by Gasteiger charge is 2.07. The second-order valence-corrected chi connectivity index (χ2v) is 4.76. The van der Waals surface area contributed by atoms with Gasteiger partial charge in [0, 0.05) is 16.3 Å². The fraction of sp³-hybridized carbons (Fsp3) is 0.118. The van der Waals surface area contributed by atoms with Crippen LogP contribution < -0.4 is 4.74 Å². The number of para-hydroxylation sites is 1. The lowest BCUT2D eigenvalue weighted by Gasteiger charge is -2.03. The average molecular weight is 282 g/mol. The van der Waals surface area contributed by atoms with E-state index in [2.05, 4.69) is 0 Å². The molecule has 1 heterocycles. The van der Waals surface area contributed by atoms with E-state index in [1.54, 1.807) is 13.0 Å². The van der Waals surface area contributed by atoms with Crippen LogP contribution in [0.3, 0.4) is 0 Å². The van der Waals surface area contributed by atoms with Crippen molar-refractivity contribution < 1.29 is 19.1 Å². The Hall–Kier alpha value is -2.75. The number of carboxylic acids is 1. The molecular weight excluding hydrogens is 268 g/mol. The van der Waals surface area contributed by atoms with Crippen molar-refractivity contribution in [2.45, 2.75) is 6.92 Å². The Morgan fingerprint density at radius 3 is 2.76 bits per heavy atom. The molecule has 0 spiro atoms. The SMILES string of the molecule is CC(=CCOc1ccc2oc3ccccc3c2c1)C(=O)O. The predicted octanol–water partition coefficient (Wildman–Crippen LogP) is 4.00. The first-order valence-electron chi connectivity index (χ1n) is 6.59. The number of hydrogen-bond donors (Lipinski definition) is 1. The van der Waals surface area contributed by atoms with Gasteiger partial charge >= 0.3 is 5.97 Å². The molecule has 0 fully saturated rings. The molecule has 3 rings (SSSR count). The summed E-state index contributed by atoms with van der Waals surface area (Å²) < 4.78 is 11.3. The summed E-state index contributed by atoms with van der Waals surface area (Å²) in [6.07, 6.45) is 1.54. The van der Waals surface area contributed by atoms with Gasteiger partial charge in [0.25, 0.3) is 0 Å². The number of furan rings is 1. The molecule has 0 saturated carbocycles. The average Bonchev–Trinajstić information content (AvgIpc) is 2.85. The Bertz CT molecular complexity index is 842. The Morgan fingerprint density at radius 2 is 1.95 bits per heavy atom. The first-order chi connectivity index (χ1) is 10.1. The van der Waals surface area contributed by atoms with Gasteiger partial charge in [-0.25, -0.2) is 4.79 Å². The maximum Gasteiger partial charge on any atom is 0.331 e. The highest BCUT2D eigenvalue weighted by molar-refractivity contribution is 6.05. The Morgan fingerprint density at radius 1 is 1.19 bits per heavy atom. The standard InChI is InChI=1S/C17H14O4/c1-11(17(18)19)8-9-20-12-6-7-16-14(10-12)13-4-2-3-5-15(13)21-16/h2-8,10H,9H2,1H3,(H,18,19). The third-order valence-corrected chi connectivity index (χ3v) is 3.33. The van der Waals surface area contributed by atoms with E-state index in [1.807, 2.05) is 42.5 Å². The Labute approximate surface area is 121 Å². The van der Waals surface area contributed by atoms with Gasteiger partial charge in [0.05, 0.1) is 0 Å². The number of ether oxygens (including phenoxy) is 1. The second-order valence-electron chi connectivity index (χ2n) is 4.76. The predicted molar refractivity (Wildman–Crippen MR) is 80.6 cm³/mol. The molecule has 1 aromatic heterocycles. The molecule has 0 amide bonds. The molecule has 0 atom stereocenters. The third-order valence-electron chi connectivity index (χ3n) is 3.33. The molecule has 0 bridgehead atoms. The molecule has 1 N–H and O–H groups in total. The van der Waals surface area contributed by atoms with Gasteiger partial charge in [-0.05, 0) is 37.3 Å². The van der Waals surface area contributed by atoms with Crippen molar-refractivity contribution in [2.75, 3.05) is 6.61 Å². The molecule has 0 saturated heterocycles. The van der Waals surface area contributed by atoms with E-state index in [1.165, 1.54) is 0 Å². The molecule has 0 aliphatic rings. The van der Waals surface area contributed by atoms with Crippen molar-refractivity contribution in [3.05, 3.63) is 54.1 Å². The van der Waals surface area contributed by atoms with Crippen LogP contribution in [0, 0.1) is 0 Å². The maximum absolute atomic E-state index is 10.7. The quantitative estimate of drug-likeness (QED) is 0.735. The number of carboxylic acid groups (broad SMARTS) is 1. The molecule has 106 valence electrons. The molecule has 0 unspecified atom stereocenters. The minimum absolute atomic E-state index is 0.222. The lowest BCUT2D eigenvalue weighted by atomic mass is 10.1. The van der Waals surface area contributed by atoms with Gasteiger partial charge in [-0.2, -0.15) is 0 Å². The number of benzene rings is 2. The Kier molecular flexibility index (Phi) is 3.36. The van der Waals surface area contributed by atoms with Crippen molar-refractivity contribution in [2.24, 2.45) is 0 Å². The minimum Gasteiger partial charge on any atom is -0.489 e. The monoisotopic (exact) mass is 282 g/mol. The smallest absolute Gasteiger partial charge is 0.331 e. The summed E-state index contributed by atoms with van der Waals surface area (Å²) >= 11 is 0. The number of aliphatic carboxylic acids is 1. The van der Waals surface area contributed by atoms with Gasteiger partial charge in [0.1, 0.15) is 23.5 Å². The summed E-state index contributed by atoms with van der Waals surface area (Å²) in [7, 11) is 0. The van der Waals surface area contributed by atoms with Gasteiger partial charge in [-0.15, -0.1) is 0 Å². The summed E-state index contributed by atoms with van der Waals surface area (Å²) in [6.45, 7) is 1.76. The number of hydrogen-bond acceptors (Lipinski definition) is 3. The number of rotatable bonds is 4. The molecule has 0 aliphatic heterocycles. The molecule has 0 aliphatic carbocycles. The van der Waals surface area contributed by atoms with Crippen molar-refractivity contribution >= 4 is 27.9 Å². The molecule has 2 aromatic carbocycles. The first kappa shape index (κ1) is 13.2. The van der Waals surface area contributed by atoms with Gasteiger partial charge < -0.3 is 14.3 Å². The largest absolute Gasteiger partial charge is 0.489 e. The molecule has 0 radical (unpaired) electrons. The van der Waals surface area contributed by atoms with Gasteiger partial charge in [0.15, 0.2) is 0 Å². The van der Waals surface area contributed by atoms with E-state index in [9.17, 15) is 4.79 Å². The van der Waals surface area contributed by atoms with Gasteiger partial charge in [-0.3, -0.25) is 0 Å². The van der Waals surface area contributed by atoms with E-state index < -0.39 is 5.97 Å². The zero-order valence-corrected chi connectivity index (χ0v) is 11.5. The molecule has 21 heavy (non-hydrogen) atoms. The van der Waals surface area contributed by atoms with Crippen LogP contribution in [-0.4, -0.2) is 17.7 Å². The number of carbonyl (C=O) groups is 1. The van der Waals surface area contributed by atoms with Crippen molar-refractivity contribution in [3.8, 4) is 5.75 Å². The van der Waals surface area contributed by atoms with Gasteiger partial charge in [0.2, 0.25) is 0 Å². The topological polar surface area (TPSA) is 59.7 Å². The fourth-order valence-corrected chi connectivity index (χ4v) is 2.15. The highest BCUT2D eigenvalue weighted by Crippen LogP contribution is 2.31. The molecule has 4 nitrogen and oxygen atoms in total. The van der Waals surface area contributed by atoms with Crippen molar-refractivity contribution in [1.29, 1.82) is 0 Å². The van der Waals surface area contributed by atoms with E-state index >= 15 is 0 Å². The van der Waals surface area contributed by atoms with Crippen LogP contribution in [0.15, 0.2) is 58.5 Å². The minimum atomic E-state index is -0.935. The maximum atomic E-state index is 10.7. The summed E-state index contributed by atoms with van der Waals surface area (Å²) in [5.74, 6) is -0.252. The lowest BCUT2D eigenvalue weighted by Crippen LogP contribution is -2.00. The van der Waals surface area contributed by atoms with Crippen molar-refractivity contribution in [1.82, 2.24) is 0 Å². The summed E-state index contributed by atoms with van der Waals surface area (Å²) in [5, 5.41) is 10.8. The van der Waals surface area contributed by atoms with Crippen LogP contribution in [0.5, 0.6) is 5.75 Å². The third kappa shape index (κ3) is 2.60.